The first kappa shape index (κ1) is 19.2. The molecule has 5 rings (SSSR count). The zero-order chi connectivity index (χ0) is 21.0. The molecular weight excluding hydrogens is 423 g/mol. The van der Waals surface area contributed by atoms with Gasteiger partial charge in [-0.05, 0) is 54.7 Å². The van der Waals surface area contributed by atoms with E-state index in [1.165, 1.54) is 0 Å². The number of hydrogen-bond donors (Lipinski definition) is 2. The molecule has 30 heavy (non-hydrogen) atoms. The number of carbonyl (C=O) groups is 1. The number of benzene rings is 2. The zero-order valence-electron chi connectivity index (χ0n) is 16.1. The summed E-state index contributed by atoms with van der Waals surface area (Å²) < 4.78 is 5.53. The molecule has 0 saturated heterocycles. The first-order valence-electron chi connectivity index (χ1n) is 9.65. The second-order valence-corrected chi connectivity index (χ2v) is 8.59. The molecule has 0 unspecified atom stereocenters. The van der Waals surface area contributed by atoms with Crippen molar-refractivity contribution in [1.82, 2.24) is 5.16 Å². The number of anilines is 1. The molecule has 0 amide bonds. The van der Waals surface area contributed by atoms with Gasteiger partial charge in [0.1, 0.15) is 5.75 Å². The number of nitrogens with one attached hydrogen (secondary N) is 1. The van der Waals surface area contributed by atoms with Crippen LogP contribution < -0.4 is 5.32 Å². The van der Waals surface area contributed by atoms with Crippen molar-refractivity contribution >= 4 is 34.9 Å². The van der Waals surface area contributed by atoms with Crippen LogP contribution in [-0.2, 0) is 4.79 Å². The van der Waals surface area contributed by atoms with Crippen LogP contribution in [0.4, 0.5) is 5.88 Å². The number of carbonyl (C=O) groups excluding carboxylic acids is 1. The third kappa shape index (κ3) is 3.09. The number of rotatable bonds is 2. The summed E-state index contributed by atoms with van der Waals surface area (Å²) in [5.41, 5.74) is 4.88. The number of halogens is 2. The maximum atomic E-state index is 13.4. The minimum atomic E-state index is -0.361. The second kappa shape index (κ2) is 7.18. The van der Waals surface area contributed by atoms with E-state index in [-0.39, 0.29) is 23.4 Å². The number of aromatic hydroxyl groups is 1. The molecular formula is C23H18Cl2N2O3. The molecule has 2 atom stereocenters. The first-order valence-corrected chi connectivity index (χ1v) is 10.4. The van der Waals surface area contributed by atoms with Crippen molar-refractivity contribution in [2.75, 3.05) is 5.32 Å². The summed E-state index contributed by atoms with van der Waals surface area (Å²) in [4.78, 5) is 13.4. The highest BCUT2D eigenvalue weighted by Crippen LogP contribution is 2.50. The third-order valence-electron chi connectivity index (χ3n) is 5.90. The maximum Gasteiger partial charge on any atom is 0.233 e. The van der Waals surface area contributed by atoms with Gasteiger partial charge in [-0.25, -0.2) is 0 Å². The van der Waals surface area contributed by atoms with Crippen LogP contribution in [0.5, 0.6) is 5.75 Å². The van der Waals surface area contributed by atoms with Gasteiger partial charge < -0.3 is 14.9 Å². The quantitative estimate of drug-likeness (QED) is 0.514. The number of Topliss-reactive ketones (excluding diaryl/α,β-unsaturated/α-hetero) is 1. The lowest BCUT2D eigenvalue weighted by atomic mass is 9.72. The average molecular weight is 441 g/mol. The van der Waals surface area contributed by atoms with E-state index >= 15 is 0 Å². The van der Waals surface area contributed by atoms with Gasteiger partial charge in [0.15, 0.2) is 5.78 Å². The van der Waals surface area contributed by atoms with Crippen molar-refractivity contribution in [2.24, 2.45) is 0 Å². The van der Waals surface area contributed by atoms with E-state index < -0.39 is 0 Å². The van der Waals surface area contributed by atoms with Crippen LogP contribution in [0.25, 0.3) is 0 Å². The fourth-order valence-corrected chi connectivity index (χ4v) is 5.02. The van der Waals surface area contributed by atoms with E-state index in [4.69, 9.17) is 27.7 Å². The van der Waals surface area contributed by atoms with Gasteiger partial charge in [-0.2, -0.15) is 0 Å². The predicted octanol–water partition coefficient (Wildman–Crippen LogP) is 5.95. The summed E-state index contributed by atoms with van der Waals surface area (Å²) in [6, 6.07) is 12.3. The fraction of sp³-hybridized carbons (Fsp3) is 0.217. The maximum absolute atomic E-state index is 13.4. The number of fused-ring (bicyclic) bond motifs is 1. The number of nitrogens with zero attached hydrogens (tertiary/aromatic N) is 1. The highest BCUT2D eigenvalue weighted by Gasteiger charge is 2.41. The molecule has 0 fully saturated rings. The molecule has 2 aliphatic rings. The normalized spacial score (nSPS) is 20.6. The van der Waals surface area contributed by atoms with E-state index in [2.05, 4.69) is 10.5 Å². The Hall–Kier alpha value is -2.76. The smallest absolute Gasteiger partial charge is 0.233 e. The monoisotopic (exact) mass is 440 g/mol. The zero-order valence-corrected chi connectivity index (χ0v) is 17.6. The summed E-state index contributed by atoms with van der Waals surface area (Å²) in [7, 11) is 0. The van der Waals surface area contributed by atoms with Crippen LogP contribution in [0.3, 0.4) is 0 Å². The van der Waals surface area contributed by atoms with Crippen molar-refractivity contribution < 1.29 is 14.4 Å². The fourth-order valence-electron chi connectivity index (χ4n) is 4.50. The minimum Gasteiger partial charge on any atom is -0.508 e. The first-order chi connectivity index (χ1) is 14.4. The Morgan fingerprint density at radius 2 is 1.90 bits per heavy atom. The van der Waals surface area contributed by atoms with Crippen LogP contribution >= 0.6 is 23.2 Å². The van der Waals surface area contributed by atoms with Gasteiger partial charge in [0.2, 0.25) is 5.88 Å². The summed E-state index contributed by atoms with van der Waals surface area (Å²) in [5.74, 6) is 0.457. The largest absolute Gasteiger partial charge is 0.508 e. The number of hydrogen-bond acceptors (Lipinski definition) is 5. The topological polar surface area (TPSA) is 75.4 Å². The molecule has 1 aromatic heterocycles. The van der Waals surface area contributed by atoms with Gasteiger partial charge in [-0.1, -0.05) is 46.6 Å². The second-order valence-electron chi connectivity index (χ2n) is 7.75. The Labute approximate surface area is 183 Å². The minimum absolute atomic E-state index is 0.0104. The van der Waals surface area contributed by atoms with E-state index in [1.807, 2.05) is 25.1 Å². The highest BCUT2D eigenvalue weighted by molar-refractivity contribution is 6.35. The number of phenols is 1. The molecule has 1 aliphatic heterocycles. The van der Waals surface area contributed by atoms with Crippen LogP contribution in [0.15, 0.2) is 58.3 Å². The van der Waals surface area contributed by atoms with E-state index in [9.17, 15) is 9.90 Å². The summed E-state index contributed by atoms with van der Waals surface area (Å²) in [6.45, 7) is 1.86. The number of aromatic nitrogens is 1. The molecule has 0 spiro atoms. The number of phenolic OH excluding ortho intramolecular Hbond substituents is 1. The Morgan fingerprint density at radius 3 is 2.63 bits per heavy atom. The molecule has 2 N–H and O–H groups in total. The third-order valence-corrected chi connectivity index (χ3v) is 6.46. The van der Waals surface area contributed by atoms with Crippen molar-refractivity contribution in [3.8, 4) is 5.75 Å². The average Bonchev–Trinajstić information content (AvgIpc) is 3.08. The number of aryl methyl sites for hydroxylation is 1. The lowest BCUT2D eigenvalue weighted by molar-refractivity contribution is -0.116. The van der Waals surface area contributed by atoms with Gasteiger partial charge in [0.05, 0.1) is 11.3 Å². The molecule has 7 heteroatoms. The number of ketones is 1. The molecule has 2 aromatic carbocycles. The summed E-state index contributed by atoms with van der Waals surface area (Å²) >= 11 is 12.7. The predicted molar refractivity (Wildman–Crippen MR) is 115 cm³/mol. The summed E-state index contributed by atoms with van der Waals surface area (Å²) in [6.07, 6.45) is 1.03. The Morgan fingerprint density at radius 1 is 1.13 bits per heavy atom. The van der Waals surface area contributed by atoms with Crippen LogP contribution in [-0.4, -0.2) is 16.0 Å². The van der Waals surface area contributed by atoms with E-state index in [0.717, 1.165) is 22.4 Å². The molecule has 3 aromatic rings. The number of allylic oxidation sites excluding steroid dienone is 2. The van der Waals surface area contributed by atoms with Gasteiger partial charge >= 0.3 is 0 Å². The Kier molecular flexibility index (Phi) is 4.60. The van der Waals surface area contributed by atoms with E-state index in [1.54, 1.807) is 24.3 Å². The Bertz CT molecular complexity index is 1200. The lowest BCUT2D eigenvalue weighted by Gasteiger charge is -2.34. The SMILES string of the molecule is Cc1noc2c1[C@H](c1ccc(Cl)cc1Cl)C1=C(C[C@H](c3ccc(O)cc3)CC1=O)N2. The van der Waals surface area contributed by atoms with Crippen LogP contribution in [0, 0.1) is 6.92 Å². The highest BCUT2D eigenvalue weighted by atomic mass is 35.5. The van der Waals surface area contributed by atoms with Crippen molar-refractivity contribution in [3.05, 3.63) is 86.2 Å². The van der Waals surface area contributed by atoms with Crippen LogP contribution in [0.2, 0.25) is 10.0 Å². The molecule has 0 bridgehead atoms. The summed E-state index contributed by atoms with van der Waals surface area (Å²) in [5, 5.41) is 18.0. The van der Waals surface area contributed by atoms with Crippen molar-refractivity contribution in [3.63, 3.8) is 0 Å². The van der Waals surface area contributed by atoms with Crippen molar-refractivity contribution in [2.45, 2.75) is 31.6 Å². The standard InChI is InChI=1S/C23H18Cl2N2O3/c1-11-20-21(16-7-4-14(24)10-17(16)25)22-18(26-23(20)30-27-11)8-13(9-19(22)29)12-2-5-15(28)6-3-12/h2-7,10,13,21,26,28H,8-9H2,1H3/t13-,21-/m0/s1. The van der Waals surface area contributed by atoms with Gasteiger partial charge in [-0.3, -0.25) is 4.79 Å². The van der Waals surface area contributed by atoms with E-state index in [0.29, 0.717) is 40.0 Å². The molecule has 152 valence electrons. The molecule has 0 saturated carbocycles. The molecule has 0 radical (unpaired) electrons. The lowest BCUT2D eigenvalue weighted by Crippen LogP contribution is -2.29. The molecule has 1 aliphatic carbocycles. The van der Waals surface area contributed by atoms with Crippen LogP contribution in [0.1, 0.15) is 47.1 Å². The van der Waals surface area contributed by atoms with Gasteiger partial charge in [0, 0.05) is 33.7 Å². The molecule has 5 nitrogen and oxygen atoms in total. The Balaban J connectivity index is 1.63. The van der Waals surface area contributed by atoms with Gasteiger partial charge in [0.25, 0.3) is 0 Å². The van der Waals surface area contributed by atoms with Gasteiger partial charge in [-0.15, -0.1) is 0 Å². The van der Waals surface area contributed by atoms with Crippen molar-refractivity contribution in [1.29, 1.82) is 0 Å². The molecule has 2 heterocycles.